The molecular formula is C22H22N4O4. The van der Waals surface area contributed by atoms with Gasteiger partial charge in [0.2, 0.25) is 12.7 Å². The fourth-order valence-corrected chi connectivity index (χ4v) is 3.81. The Morgan fingerprint density at radius 1 is 1.03 bits per heavy atom. The Kier molecular flexibility index (Phi) is 4.66. The van der Waals surface area contributed by atoms with Crippen LogP contribution in [-0.2, 0) is 0 Å². The molecule has 154 valence electrons. The molecule has 1 aromatic heterocycles. The summed E-state index contributed by atoms with van der Waals surface area (Å²) in [7, 11) is 1.66. The molecule has 3 aromatic rings. The van der Waals surface area contributed by atoms with Gasteiger partial charge in [-0.2, -0.15) is 0 Å². The second-order valence-electron chi connectivity index (χ2n) is 7.15. The van der Waals surface area contributed by atoms with E-state index in [0.717, 1.165) is 17.4 Å². The lowest BCUT2D eigenvalue weighted by Gasteiger charge is -2.35. The third-order valence-electron chi connectivity index (χ3n) is 5.42. The summed E-state index contributed by atoms with van der Waals surface area (Å²) in [5.41, 5.74) is 1.60. The lowest BCUT2D eigenvalue weighted by atomic mass is 10.1. The summed E-state index contributed by atoms with van der Waals surface area (Å²) in [4.78, 5) is 21.5. The van der Waals surface area contributed by atoms with Gasteiger partial charge in [-0.1, -0.05) is 6.07 Å². The number of anilines is 1. The minimum Gasteiger partial charge on any atom is -0.497 e. The maximum atomic E-state index is 12.9. The molecule has 3 heterocycles. The Balaban J connectivity index is 1.29. The van der Waals surface area contributed by atoms with Crippen LogP contribution in [0.2, 0.25) is 0 Å². The van der Waals surface area contributed by atoms with E-state index in [4.69, 9.17) is 14.2 Å². The highest BCUT2D eigenvalue weighted by atomic mass is 16.7. The lowest BCUT2D eigenvalue weighted by Crippen LogP contribution is -2.49. The molecule has 1 fully saturated rings. The normalized spacial score (nSPS) is 15.4. The number of piperazine rings is 1. The van der Waals surface area contributed by atoms with Crippen LogP contribution in [-0.4, -0.2) is 60.4 Å². The number of carbonyl (C=O) groups is 1. The van der Waals surface area contributed by atoms with Gasteiger partial charge in [0.05, 0.1) is 12.8 Å². The number of nitrogens with zero attached hydrogens (tertiary/aromatic N) is 4. The topological polar surface area (TPSA) is 69.1 Å². The first-order valence-corrected chi connectivity index (χ1v) is 9.84. The van der Waals surface area contributed by atoms with Gasteiger partial charge in [-0.15, -0.1) is 0 Å². The van der Waals surface area contributed by atoms with Crippen molar-refractivity contribution in [3.63, 3.8) is 0 Å². The first-order valence-electron chi connectivity index (χ1n) is 9.84. The molecule has 5 rings (SSSR count). The molecule has 1 saturated heterocycles. The van der Waals surface area contributed by atoms with Crippen LogP contribution in [0.5, 0.6) is 17.2 Å². The zero-order chi connectivity index (χ0) is 20.5. The average molecular weight is 406 g/mol. The number of rotatable bonds is 4. The maximum Gasteiger partial charge on any atom is 0.254 e. The molecule has 2 aliphatic rings. The molecule has 0 radical (unpaired) electrons. The zero-order valence-corrected chi connectivity index (χ0v) is 16.7. The van der Waals surface area contributed by atoms with Crippen molar-refractivity contribution in [1.82, 2.24) is 14.5 Å². The van der Waals surface area contributed by atoms with Gasteiger partial charge in [0.1, 0.15) is 5.75 Å². The Morgan fingerprint density at radius 3 is 2.70 bits per heavy atom. The standard InChI is InChI=1S/C22H22N4O4/c1-28-18-4-2-3-17(14-18)26-8-7-23-22(26)25-11-9-24(10-12-25)21(27)16-5-6-19-20(13-16)30-15-29-19/h2-8,13-14H,9-12,15H2,1H3. The van der Waals surface area contributed by atoms with Crippen molar-refractivity contribution in [3.8, 4) is 22.9 Å². The Morgan fingerprint density at radius 2 is 1.87 bits per heavy atom. The van der Waals surface area contributed by atoms with Crippen LogP contribution in [0.3, 0.4) is 0 Å². The minimum absolute atomic E-state index is 0.00378. The number of methoxy groups -OCH3 is 1. The van der Waals surface area contributed by atoms with Crippen LogP contribution in [0.25, 0.3) is 5.69 Å². The summed E-state index contributed by atoms with van der Waals surface area (Å²) in [5.74, 6) is 2.97. The van der Waals surface area contributed by atoms with E-state index in [-0.39, 0.29) is 12.7 Å². The zero-order valence-electron chi connectivity index (χ0n) is 16.7. The SMILES string of the molecule is COc1cccc(-n2ccnc2N2CCN(C(=O)c3ccc4c(c3)OCO4)CC2)c1. The van der Waals surface area contributed by atoms with Crippen LogP contribution >= 0.6 is 0 Å². The maximum absolute atomic E-state index is 12.9. The van der Waals surface area contributed by atoms with Gasteiger partial charge in [-0.3, -0.25) is 9.36 Å². The number of imidazole rings is 1. The van der Waals surface area contributed by atoms with E-state index in [1.807, 2.05) is 39.9 Å². The van der Waals surface area contributed by atoms with Gasteiger partial charge in [0, 0.05) is 50.2 Å². The van der Waals surface area contributed by atoms with Gasteiger partial charge in [-0.25, -0.2) is 4.98 Å². The number of aromatic nitrogens is 2. The van der Waals surface area contributed by atoms with Gasteiger partial charge in [0.25, 0.3) is 5.91 Å². The smallest absolute Gasteiger partial charge is 0.254 e. The third-order valence-corrected chi connectivity index (χ3v) is 5.42. The van der Waals surface area contributed by atoms with E-state index in [2.05, 4.69) is 9.88 Å². The monoisotopic (exact) mass is 406 g/mol. The van der Waals surface area contributed by atoms with Crippen LogP contribution < -0.4 is 19.1 Å². The summed E-state index contributed by atoms with van der Waals surface area (Å²) in [6.45, 7) is 2.86. The summed E-state index contributed by atoms with van der Waals surface area (Å²) in [5, 5.41) is 0. The van der Waals surface area contributed by atoms with E-state index in [1.54, 1.807) is 31.5 Å². The quantitative estimate of drug-likeness (QED) is 0.663. The average Bonchev–Trinajstić information content (AvgIpc) is 3.48. The Hall–Kier alpha value is -3.68. The summed E-state index contributed by atoms with van der Waals surface area (Å²) < 4.78 is 18.1. The number of fused-ring (bicyclic) bond motifs is 1. The van der Waals surface area contributed by atoms with Gasteiger partial charge in [-0.05, 0) is 30.3 Å². The van der Waals surface area contributed by atoms with E-state index in [0.29, 0.717) is 43.2 Å². The highest BCUT2D eigenvalue weighted by Gasteiger charge is 2.26. The highest BCUT2D eigenvalue weighted by Crippen LogP contribution is 2.33. The van der Waals surface area contributed by atoms with Gasteiger partial charge in [0.15, 0.2) is 11.5 Å². The fourth-order valence-electron chi connectivity index (χ4n) is 3.81. The van der Waals surface area contributed by atoms with Crippen molar-refractivity contribution in [1.29, 1.82) is 0 Å². The third kappa shape index (κ3) is 3.30. The number of hydrogen-bond donors (Lipinski definition) is 0. The number of carbonyl (C=O) groups excluding carboxylic acids is 1. The van der Waals surface area contributed by atoms with Crippen LogP contribution in [0, 0.1) is 0 Å². The molecule has 0 saturated carbocycles. The largest absolute Gasteiger partial charge is 0.497 e. The van der Waals surface area contributed by atoms with E-state index >= 15 is 0 Å². The van der Waals surface area contributed by atoms with Crippen molar-refractivity contribution in [2.45, 2.75) is 0 Å². The molecule has 2 aromatic carbocycles. The van der Waals surface area contributed by atoms with Crippen molar-refractivity contribution in [2.75, 3.05) is 45.0 Å². The van der Waals surface area contributed by atoms with Crippen LogP contribution in [0.1, 0.15) is 10.4 Å². The molecule has 8 nitrogen and oxygen atoms in total. The number of benzene rings is 2. The second-order valence-corrected chi connectivity index (χ2v) is 7.15. The second kappa shape index (κ2) is 7.62. The predicted molar refractivity (Wildman–Crippen MR) is 111 cm³/mol. The van der Waals surface area contributed by atoms with Crippen LogP contribution in [0.4, 0.5) is 5.95 Å². The molecule has 0 spiro atoms. The molecule has 0 N–H and O–H groups in total. The molecule has 8 heteroatoms. The number of ether oxygens (including phenoxy) is 3. The Labute approximate surface area is 174 Å². The van der Waals surface area contributed by atoms with Crippen molar-refractivity contribution < 1.29 is 19.0 Å². The minimum atomic E-state index is 0.00378. The van der Waals surface area contributed by atoms with Gasteiger partial charge >= 0.3 is 0 Å². The molecule has 0 atom stereocenters. The van der Waals surface area contributed by atoms with Crippen molar-refractivity contribution in [2.24, 2.45) is 0 Å². The molecule has 2 aliphatic heterocycles. The summed E-state index contributed by atoms with van der Waals surface area (Å²) in [6, 6.07) is 13.2. The van der Waals surface area contributed by atoms with Crippen LogP contribution in [0.15, 0.2) is 54.9 Å². The predicted octanol–water partition coefficient (Wildman–Crippen LogP) is 2.57. The molecule has 30 heavy (non-hydrogen) atoms. The number of hydrogen-bond acceptors (Lipinski definition) is 6. The molecule has 0 aliphatic carbocycles. The molecule has 0 unspecified atom stereocenters. The molecular weight excluding hydrogens is 384 g/mol. The summed E-state index contributed by atoms with van der Waals surface area (Å²) in [6.07, 6.45) is 3.73. The van der Waals surface area contributed by atoms with E-state index in [1.165, 1.54) is 0 Å². The lowest BCUT2D eigenvalue weighted by molar-refractivity contribution is 0.0745. The molecule has 0 bridgehead atoms. The first-order chi connectivity index (χ1) is 14.7. The highest BCUT2D eigenvalue weighted by molar-refractivity contribution is 5.95. The van der Waals surface area contributed by atoms with Crippen molar-refractivity contribution in [3.05, 3.63) is 60.4 Å². The Bertz CT molecular complexity index is 1070. The van der Waals surface area contributed by atoms with E-state index < -0.39 is 0 Å². The molecule has 1 amide bonds. The van der Waals surface area contributed by atoms with E-state index in [9.17, 15) is 4.79 Å². The van der Waals surface area contributed by atoms with Crippen molar-refractivity contribution >= 4 is 11.9 Å². The fraction of sp³-hybridized carbons (Fsp3) is 0.273. The summed E-state index contributed by atoms with van der Waals surface area (Å²) >= 11 is 0. The first kappa shape index (κ1) is 18.4. The van der Waals surface area contributed by atoms with Gasteiger partial charge < -0.3 is 24.0 Å². The number of amides is 1.